The van der Waals surface area contributed by atoms with E-state index in [1.54, 1.807) is 6.07 Å². The second-order valence-corrected chi connectivity index (χ2v) is 4.47. The van der Waals surface area contributed by atoms with Gasteiger partial charge in [0.25, 0.3) is 0 Å². The minimum Gasteiger partial charge on any atom is -0.480 e. The fourth-order valence-electron chi connectivity index (χ4n) is 1.90. The SMILES string of the molecule is O=C(O)CN(CCF)Cc1ccc(-c2nncnn2)cc1F. The van der Waals surface area contributed by atoms with Crippen LogP contribution in [0.1, 0.15) is 5.56 Å². The van der Waals surface area contributed by atoms with E-state index in [1.165, 1.54) is 17.0 Å². The van der Waals surface area contributed by atoms with Crippen molar-refractivity contribution in [1.82, 2.24) is 25.3 Å². The van der Waals surface area contributed by atoms with E-state index in [0.29, 0.717) is 5.56 Å². The molecule has 0 aliphatic heterocycles. The molecule has 7 nitrogen and oxygen atoms in total. The Kier molecular flexibility index (Phi) is 5.37. The van der Waals surface area contributed by atoms with E-state index in [-0.39, 0.29) is 31.0 Å². The number of carboxylic acid groups (broad SMARTS) is 1. The molecule has 0 atom stereocenters. The highest BCUT2D eigenvalue weighted by Crippen LogP contribution is 2.18. The lowest BCUT2D eigenvalue weighted by atomic mass is 10.1. The Morgan fingerprint density at radius 1 is 1.27 bits per heavy atom. The number of nitrogens with zero attached hydrogens (tertiary/aromatic N) is 5. The van der Waals surface area contributed by atoms with Gasteiger partial charge < -0.3 is 5.11 Å². The first-order valence-corrected chi connectivity index (χ1v) is 6.39. The van der Waals surface area contributed by atoms with Crippen LogP contribution in [0, 0.1) is 5.82 Å². The number of aromatic nitrogens is 4. The van der Waals surface area contributed by atoms with Gasteiger partial charge >= 0.3 is 5.97 Å². The standard InChI is InChI=1S/C13H13F2N5O2/c14-3-4-20(7-12(21)22)6-10-2-1-9(5-11(10)15)13-18-16-8-17-19-13/h1-2,5,8H,3-4,6-7H2,(H,21,22). The van der Waals surface area contributed by atoms with E-state index in [2.05, 4.69) is 20.4 Å². The van der Waals surface area contributed by atoms with Crippen molar-refractivity contribution in [2.75, 3.05) is 19.8 Å². The van der Waals surface area contributed by atoms with E-state index in [0.717, 1.165) is 6.33 Å². The molecule has 0 radical (unpaired) electrons. The van der Waals surface area contributed by atoms with Gasteiger partial charge in [-0.3, -0.25) is 9.69 Å². The third-order valence-corrected chi connectivity index (χ3v) is 2.87. The van der Waals surface area contributed by atoms with Crippen LogP contribution in [0.15, 0.2) is 24.5 Å². The van der Waals surface area contributed by atoms with E-state index in [4.69, 9.17) is 5.11 Å². The third kappa shape index (κ3) is 4.22. The Morgan fingerprint density at radius 3 is 2.59 bits per heavy atom. The number of hydrogen-bond donors (Lipinski definition) is 1. The van der Waals surface area contributed by atoms with Crippen LogP contribution in [-0.4, -0.2) is 56.1 Å². The highest BCUT2D eigenvalue weighted by atomic mass is 19.1. The Hall–Kier alpha value is -2.55. The molecule has 0 saturated heterocycles. The molecule has 1 aromatic carbocycles. The van der Waals surface area contributed by atoms with E-state index in [9.17, 15) is 13.6 Å². The Balaban J connectivity index is 2.17. The average molecular weight is 309 g/mol. The van der Waals surface area contributed by atoms with Crippen molar-refractivity contribution in [2.45, 2.75) is 6.54 Å². The molecule has 1 aromatic heterocycles. The summed E-state index contributed by atoms with van der Waals surface area (Å²) in [6.07, 6.45) is 1.16. The molecular formula is C13H13F2N5O2. The van der Waals surface area contributed by atoms with Gasteiger partial charge in [0.2, 0.25) is 5.82 Å². The molecule has 0 fully saturated rings. The molecule has 9 heteroatoms. The van der Waals surface area contributed by atoms with Crippen LogP contribution in [-0.2, 0) is 11.3 Å². The smallest absolute Gasteiger partial charge is 0.317 e. The largest absolute Gasteiger partial charge is 0.480 e. The predicted molar refractivity (Wildman–Crippen MR) is 71.9 cm³/mol. The third-order valence-electron chi connectivity index (χ3n) is 2.87. The van der Waals surface area contributed by atoms with Crippen LogP contribution in [0.2, 0.25) is 0 Å². The van der Waals surface area contributed by atoms with E-state index in [1.807, 2.05) is 0 Å². The van der Waals surface area contributed by atoms with E-state index >= 15 is 0 Å². The Bertz CT molecular complexity index is 642. The molecule has 0 spiro atoms. The van der Waals surface area contributed by atoms with Crippen molar-refractivity contribution >= 4 is 5.97 Å². The van der Waals surface area contributed by atoms with Crippen molar-refractivity contribution in [3.8, 4) is 11.4 Å². The van der Waals surface area contributed by atoms with Crippen LogP contribution in [0.3, 0.4) is 0 Å². The maximum Gasteiger partial charge on any atom is 0.317 e. The predicted octanol–water partition coefficient (Wildman–Crippen LogP) is 0.929. The number of hydrogen-bond acceptors (Lipinski definition) is 6. The van der Waals surface area contributed by atoms with Gasteiger partial charge in [0.15, 0.2) is 6.33 Å². The molecule has 1 N–H and O–H groups in total. The summed E-state index contributed by atoms with van der Waals surface area (Å²) in [7, 11) is 0. The lowest BCUT2D eigenvalue weighted by molar-refractivity contribution is -0.138. The van der Waals surface area contributed by atoms with Crippen molar-refractivity contribution in [2.24, 2.45) is 0 Å². The van der Waals surface area contributed by atoms with Crippen molar-refractivity contribution in [1.29, 1.82) is 0 Å². The van der Waals surface area contributed by atoms with Crippen molar-refractivity contribution in [3.63, 3.8) is 0 Å². The molecule has 0 aliphatic carbocycles. The summed E-state index contributed by atoms with van der Waals surface area (Å²) in [5.41, 5.74) is 0.660. The van der Waals surface area contributed by atoms with Gasteiger partial charge in [-0.15, -0.1) is 20.4 Å². The van der Waals surface area contributed by atoms with Gasteiger partial charge in [-0.1, -0.05) is 12.1 Å². The van der Waals surface area contributed by atoms with Crippen molar-refractivity contribution in [3.05, 3.63) is 35.9 Å². The molecular weight excluding hydrogens is 296 g/mol. The number of rotatable bonds is 7. The van der Waals surface area contributed by atoms with Crippen LogP contribution in [0.25, 0.3) is 11.4 Å². The van der Waals surface area contributed by atoms with Gasteiger partial charge in [0.05, 0.1) is 6.54 Å². The topological polar surface area (TPSA) is 92.1 Å². The molecule has 0 aliphatic rings. The number of aliphatic carboxylic acids is 1. The second-order valence-electron chi connectivity index (χ2n) is 4.47. The molecule has 0 bridgehead atoms. The molecule has 2 rings (SSSR count). The Morgan fingerprint density at radius 2 is 2.00 bits per heavy atom. The number of carboxylic acids is 1. The summed E-state index contributed by atoms with van der Waals surface area (Å²) in [5, 5.41) is 23.3. The molecule has 2 aromatic rings. The average Bonchev–Trinajstić information content (AvgIpc) is 2.50. The summed E-state index contributed by atoms with van der Waals surface area (Å²) < 4.78 is 26.5. The van der Waals surface area contributed by atoms with Gasteiger partial charge in [-0.25, -0.2) is 8.78 Å². The zero-order chi connectivity index (χ0) is 15.9. The van der Waals surface area contributed by atoms with Gasteiger partial charge in [-0.2, -0.15) is 0 Å². The van der Waals surface area contributed by atoms with Crippen LogP contribution in [0.4, 0.5) is 8.78 Å². The first-order chi connectivity index (χ1) is 10.6. The number of alkyl halides is 1. The zero-order valence-corrected chi connectivity index (χ0v) is 11.5. The summed E-state index contributed by atoms with van der Waals surface area (Å²) in [4.78, 5) is 12.0. The lowest BCUT2D eigenvalue weighted by Gasteiger charge is -2.19. The fourth-order valence-corrected chi connectivity index (χ4v) is 1.90. The summed E-state index contributed by atoms with van der Waals surface area (Å²) in [5.74, 6) is -1.47. The minimum absolute atomic E-state index is 0.00548. The maximum atomic E-state index is 14.1. The zero-order valence-electron chi connectivity index (χ0n) is 11.5. The number of carbonyl (C=O) groups is 1. The van der Waals surface area contributed by atoms with E-state index < -0.39 is 18.5 Å². The quantitative estimate of drug-likeness (QED) is 0.813. The summed E-state index contributed by atoms with van der Waals surface area (Å²) >= 11 is 0. The van der Waals surface area contributed by atoms with Crippen molar-refractivity contribution < 1.29 is 18.7 Å². The van der Waals surface area contributed by atoms with Gasteiger partial charge in [0, 0.05) is 24.2 Å². The first kappa shape index (κ1) is 15.8. The summed E-state index contributed by atoms with van der Waals surface area (Å²) in [6, 6.07) is 4.27. The van der Waals surface area contributed by atoms with Gasteiger partial charge in [0.1, 0.15) is 12.5 Å². The highest BCUT2D eigenvalue weighted by molar-refractivity contribution is 5.69. The molecule has 0 unspecified atom stereocenters. The van der Waals surface area contributed by atoms with Crippen LogP contribution in [0.5, 0.6) is 0 Å². The Labute approximate surface area is 124 Å². The fraction of sp³-hybridized carbons (Fsp3) is 0.308. The lowest BCUT2D eigenvalue weighted by Crippen LogP contribution is -2.31. The second kappa shape index (κ2) is 7.46. The monoisotopic (exact) mass is 309 g/mol. The number of halogens is 2. The van der Waals surface area contributed by atoms with Crippen LogP contribution < -0.4 is 0 Å². The molecule has 22 heavy (non-hydrogen) atoms. The normalized spacial score (nSPS) is 10.9. The van der Waals surface area contributed by atoms with Gasteiger partial charge in [-0.05, 0) is 6.07 Å². The van der Waals surface area contributed by atoms with Crippen LogP contribution >= 0.6 is 0 Å². The molecule has 116 valence electrons. The summed E-state index contributed by atoms with van der Waals surface area (Å²) in [6.45, 7) is -1.15. The molecule has 0 saturated carbocycles. The minimum atomic E-state index is -1.10. The maximum absolute atomic E-state index is 14.1. The molecule has 1 heterocycles. The molecule has 0 amide bonds. The highest BCUT2D eigenvalue weighted by Gasteiger charge is 2.14. The number of benzene rings is 1. The first-order valence-electron chi connectivity index (χ1n) is 6.39.